The minimum Gasteiger partial charge on any atom is -0.365 e. The van der Waals surface area contributed by atoms with Crippen molar-refractivity contribution in [1.82, 2.24) is 19.5 Å². The van der Waals surface area contributed by atoms with Crippen LogP contribution < -0.4 is 4.90 Å². The van der Waals surface area contributed by atoms with Crippen LogP contribution in [0.4, 0.5) is 10.1 Å². The van der Waals surface area contributed by atoms with Crippen LogP contribution in [0.1, 0.15) is 30.5 Å². The Kier molecular flexibility index (Phi) is 5.02. The lowest BCUT2D eigenvalue weighted by Gasteiger charge is -2.39. The molecule has 0 bridgehead atoms. The Morgan fingerprint density at radius 2 is 2.06 bits per heavy atom. The summed E-state index contributed by atoms with van der Waals surface area (Å²) < 4.78 is 16.5. The van der Waals surface area contributed by atoms with E-state index < -0.39 is 5.82 Å². The first kappa shape index (κ1) is 19.5. The van der Waals surface area contributed by atoms with Crippen molar-refractivity contribution in [2.45, 2.75) is 31.7 Å². The topological polar surface area (TPSA) is 77.5 Å². The Labute approximate surface area is 179 Å². The SMILES string of the molecule is N#Cc1cccc(N2CCN3C(=O)[C@@H](CCCc4cccc5ncnn45)C[C@H]3C2)c1F. The van der Waals surface area contributed by atoms with Gasteiger partial charge in [-0.3, -0.25) is 4.79 Å². The molecule has 2 aliphatic rings. The minimum atomic E-state index is -0.471. The Morgan fingerprint density at radius 3 is 2.94 bits per heavy atom. The van der Waals surface area contributed by atoms with Crippen molar-refractivity contribution in [3.05, 3.63) is 59.8 Å². The van der Waals surface area contributed by atoms with E-state index in [9.17, 15) is 9.18 Å². The zero-order valence-electron chi connectivity index (χ0n) is 17.1. The number of anilines is 1. The van der Waals surface area contributed by atoms with Crippen molar-refractivity contribution in [2.75, 3.05) is 24.5 Å². The molecule has 2 atom stereocenters. The number of benzene rings is 1. The van der Waals surface area contributed by atoms with Crippen molar-refractivity contribution in [1.29, 1.82) is 5.26 Å². The van der Waals surface area contributed by atoms with E-state index in [1.165, 1.54) is 6.07 Å². The molecule has 0 saturated carbocycles. The van der Waals surface area contributed by atoms with Gasteiger partial charge in [-0.1, -0.05) is 12.1 Å². The van der Waals surface area contributed by atoms with Crippen LogP contribution in [0.5, 0.6) is 0 Å². The lowest BCUT2D eigenvalue weighted by molar-refractivity contribution is -0.132. The highest BCUT2D eigenvalue weighted by molar-refractivity contribution is 5.82. The number of carbonyl (C=O) groups is 1. The van der Waals surface area contributed by atoms with Crippen LogP contribution in [-0.4, -0.2) is 51.1 Å². The fourth-order valence-corrected chi connectivity index (χ4v) is 4.94. The maximum Gasteiger partial charge on any atom is 0.226 e. The summed E-state index contributed by atoms with van der Waals surface area (Å²) in [5.74, 6) is -0.244. The number of pyridine rings is 1. The molecule has 2 saturated heterocycles. The maximum atomic E-state index is 14.6. The lowest BCUT2D eigenvalue weighted by atomic mass is 9.97. The second kappa shape index (κ2) is 7.99. The summed E-state index contributed by atoms with van der Waals surface area (Å²) in [5.41, 5.74) is 2.44. The minimum absolute atomic E-state index is 0.00943. The zero-order chi connectivity index (χ0) is 21.4. The molecule has 3 aromatic rings. The van der Waals surface area contributed by atoms with Gasteiger partial charge in [0.15, 0.2) is 11.5 Å². The molecule has 7 nitrogen and oxygen atoms in total. The van der Waals surface area contributed by atoms with Crippen LogP contribution in [-0.2, 0) is 11.2 Å². The Morgan fingerprint density at radius 1 is 1.19 bits per heavy atom. The summed E-state index contributed by atoms with van der Waals surface area (Å²) in [6.45, 7) is 1.77. The molecule has 5 rings (SSSR count). The van der Waals surface area contributed by atoms with Crippen LogP contribution in [0.25, 0.3) is 5.65 Å². The van der Waals surface area contributed by atoms with E-state index in [1.807, 2.05) is 38.6 Å². The number of nitriles is 1. The van der Waals surface area contributed by atoms with Gasteiger partial charge in [0.1, 0.15) is 12.4 Å². The fourth-order valence-electron chi connectivity index (χ4n) is 4.94. The number of carbonyl (C=O) groups excluding carboxylic acids is 1. The van der Waals surface area contributed by atoms with Crippen molar-refractivity contribution in [3.63, 3.8) is 0 Å². The van der Waals surface area contributed by atoms with E-state index in [0.717, 1.165) is 37.0 Å². The molecule has 0 radical (unpaired) electrons. The van der Waals surface area contributed by atoms with Crippen LogP contribution in [0, 0.1) is 23.1 Å². The van der Waals surface area contributed by atoms with Crippen LogP contribution in [0.3, 0.4) is 0 Å². The van der Waals surface area contributed by atoms with Crippen molar-refractivity contribution < 1.29 is 9.18 Å². The summed E-state index contributed by atoms with van der Waals surface area (Å²) >= 11 is 0. The predicted octanol–water partition coefficient (Wildman–Crippen LogP) is 2.80. The van der Waals surface area contributed by atoms with E-state index >= 15 is 0 Å². The molecule has 0 unspecified atom stereocenters. The van der Waals surface area contributed by atoms with Gasteiger partial charge in [-0.2, -0.15) is 10.4 Å². The number of fused-ring (bicyclic) bond motifs is 2. The van der Waals surface area contributed by atoms with Gasteiger partial charge in [0, 0.05) is 31.2 Å². The molecule has 158 valence electrons. The Balaban J connectivity index is 1.22. The molecule has 8 heteroatoms. The number of piperazine rings is 1. The second-order valence-electron chi connectivity index (χ2n) is 8.25. The third kappa shape index (κ3) is 3.50. The van der Waals surface area contributed by atoms with Crippen LogP contribution >= 0.6 is 0 Å². The largest absolute Gasteiger partial charge is 0.365 e. The highest BCUT2D eigenvalue weighted by Crippen LogP contribution is 2.33. The fraction of sp³-hybridized carbons (Fsp3) is 0.391. The number of amides is 1. The number of aromatic nitrogens is 3. The number of nitrogens with zero attached hydrogens (tertiary/aromatic N) is 6. The van der Waals surface area contributed by atoms with Gasteiger partial charge in [0.25, 0.3) is 0 Å². The van der Waals surface area contributed by atoms with Crippen LogP contribution in [0.2, 0.25) is 0 Å². The summed E-state index contributed by atoms with van der Waals surface area (Å²) in [6.07, 6.45) is 4.92. The highest BCUT2D eigenvalue weighted by atomic mass is 19.1. The highest BCUT2D eigenvalue weighted by Gasteiger charge is 2.42. The summed E-state index contributed by atoms with van der Waals surface area (Å²) in [6, 6.07) is 12.9. The van der Waals surface area contributed by atoms with Gasteiger partial charge in [-0.15, -0.1) is 0 Å². The second-order valence-corrected chi connectivity index (χ2v) is 8.25. The van der Waals surface area contributed by atoms with Gasteiger partial charge in [-0.05, 0) is 49.9 Å². The molecule has 4 heterocycles. The van der Waals surface area contributed by atoms with Crippen molar-refractivity contribution in [2.24, 2.45) is 5.92 Å². The predicted molar refractivity (Wildman–Crippen MR) is 113 cm³/mol. The van der Waals surface area contributed by atoms with E-state index in [2.05, 4.69) is 10.1 Å². The smallest absolute Gasteiger partial charge is 0.226 e. The maximum absolute atomic E-state index is 14.6. The number of hydrogen-bond donors (Lipinski definition) is 0. The van der Waals surface area contributed by atoms with Crippen molar-refractivity contribution >= 4 is 17.2 Å². The van der Waals surface area contributed by atoms with E-state index in [0.29, 0.717) is 25.3 Å². The molecule has 1 aromatic carbocycles. The molecular formula is C23H23FN6O. The van der Waals surface area contributed by atoms with Gasteiger partial charge >= 0.3 is 0 Å². The quantitative estimate of drug-likeness (QED) is 0.637. The summed E-state index contributed by atoms with van der Waals surface area (Å²) in [7, 11) is 0. The van der Waals surface area contributed by atoms with Gasteiger partial charge in [0.05, 0.1) is 17.3 Å². The van der Waals surface area contributed by atoms with Gasteiger partial charge in [-0.25, -0.2) is 13.9 Å². The lowest BCUT2D eigenvalue weighted by Crippen LogP contribution is -2.51. The number of aryl methyl sites for hydroxylation is 1. The monoisotopic (exact) mass is 418 g/mol. The first-order valence-electron chi connectivity index (χ1n) is 10.7. The molecular weight excluding hydrogens is 395 g/mol. The molecule has 1 amide bonds. The Bertz CT molecular complexity index is 1170. The summed E-state index contributed by atoms with van der Waals surface area (Å²) in [4.78, 5) is 21.1. The first-order chi connectivity index (χ1) is 15.2. The van der Waals surface area contributed by atoms with Crippen LogP contribution in [0.15, 0.2) is 42.7 Å². The first-order valence-corrected chi connectivity index (χ1v) is 10.7. The molecule has 0 aliphatic carbocycles. The normalized spacial score (nSPS) is 20.8. The van der Waals surface area contributed by atoms with Crippen molar-refractivity contribution in [3.8, 4) is 6.07 Å². The molecule has 31 heavy (non-hydrogen) atoms. The van der Waals surface area contributed by atoms with E-state index in [4.69, 9.17) is 5.26 Å². The number of hydrogen-bond acceptors (Lipinski definition) is 5. The van der Waals surface area contributed by atoms with Gasteiger partial charge < -0.3 is 9.80 Å². The number of rotatable bonds is 5. The molecule has 2 aliphatic heterocycles. The zero-order valence-corrected chi connectivity index (χ0v) is 17.1. The molecule has 0 N–H and O–H groups in total. The standard InChI is InChI=1S/C23H23FN6O/c24-22-17(13-25)5-2-8-20(22)28-10-11-29-19(14-28)12-16(23(29)31)4-1-6-18-7-3-9-21-26-15-27-30(18)21/h2-3,5,7-9,15-16,19H,1,4,6,10-12,14H2/t16-,19-/m0/s1. The summed E-state index contributed by atoms with van der Waals surface area (Å²) in [5, 5.41) is 13.4. The van der Waals surface area contributed by atoms with E-state index in [1.54, 1.807) is 18.5 Å². The average Bonchev–Trinajstić information content (AvgIpc) is 3.39. The average molecular weight is 418 g/mol. The Hall–Kier alpha value is -3.47. The van der Waals surface area contributed by atoms with E-state index in [-0.39, 0.29) is 23.4 Å². The number of halogens is 1. The molecule has 2 aromatic heterocycles. The molecule has 2 fully saturated rings. The third-order valence-electron chi connectivity index (χ3n) is 6.48. The van der Waals surface area contributed by atoms with Gasteiger partial charge in [0.2, 0.25) is 5.91 Å². The third-order valence-corrected chi connectivity index (χ3v) is 6.48. The molecule has 0 spiro atoms.